The van der Waals surface area contributed by atoms with Gasteiger partial charge in [-0.2, -0.15) is 0 Å². The minimum absolute atomic E-state index is 0.755. The molecule has 1 aromatic carbocycles. The van der Waals surface area contributed by atoms with Crippen LogP contribution in [0.1, 0.15) is 5.69 Å². The monoisotopic (exact) mass is 268 g/mol. The van der Waals surface area contributed by atoms with E-state index in [9.17, 15) is 0 Å². The first kappa shape index (κ1) is 11.8. The highest BCUT2D eigenvalue weighted by Crippen LogP contribution is 2.29. The van der Waals surface area contributed by atoms with E-state index in [-0.39, 0.29) is 0 Å². The van der Waals surface area contributed by atoms with Crippen molar-refractivity contribution < 1.29 is 0 Å². The van der Waals surface area contributed by atoms with Crippen LogP contribution in [0.2, 0.25) is 0 Å². The number of aryl methyl sites for hydroxylation is 1. The number of benzene rings is 1. The van der Waals surface area contributed by atoms with Gasteiger partial charge in [0.05, 0.1) is 5.69 Å². The van der Waals surface area contributed by atoms with E-state index < -0.39 is 0 Å². The van der Waals surface area contributed by atoms with E-state index in [0.717, 1.165) is 33.3 Å². The summed E-state index contributed by atoms with van der Waals surface area (Å²) in [5.41, 5.74) is 10.1. The van der Waals surface area contributed by atoms with Crippen molar-refractivity contribution in [2.45, 2.75) is 6.92 Å². The van der Waals surface area contributed by atoms with E-state index in [1.54, 1.807) is 23.7 Å². The van der Waals surface area contributed by atoms with E-state index in [1.165, 1.54) is 0 Å². The summed E-state index contributed by atoms with van der Waals surface area (Å²) in [5.74, 6) is 0. The highest BCUT2D eigenvalue weighted by Gasteiger charge is 2.10. The molecule has 0 fully saturated rings. The Morgan fingerprint density at radius 2 is 1.79 bits per heavy atom. The van der Waals surface area contributed by atoms with Crippen LogP contribution in [0.5, 0.6) is 0 Å². The third-order valence-electron chi connectivity index (χ3n) is 2.79. The van der Waals surface area contributed by atoms with Gasteiger partial charge in [-0.25, -0.2) is 4.98 Å². The van der Waals surface area contributed by atoms with Crippen molar-refractivity contribution in [1.29, 1.82) is 0 Å². The van der Waals surface area contributed by atoms with Crippen molar-refractivity contribution in [1.82, 2.24) is 15.0 Å². The second-order valence-electron chi connectivity index (χ2n) is 4.15. The summed E-state index contributed by atoms with van der Waals surface area (Å²) < 4.78 is 0. The van der Waals surface area contributed by atoms with Gasteiger partial charge in [-0.1, -0.05) is 0 Å². The van der Waals surface area contributed by atoms with E-state index in [0.29, 0.717) is 0 Å². The lowest BCUT2D eigenvalue weighted by Crippen LogP contribution is -1.91. The second-order valence-corrected chi connectivity index (χ2v) is 5.01. The molecule has 0 aliphatic carbocycles. The van der Waals surface area contributed by atoms with Crippen LogP contribution < -0.4 is 5.73 Å². The lowest BCUT2D eigenvalue weighted by atomic mass is 10.2. The van der Waals surface area contributed by atoms with Crippen molar-refractivity contribution >= 4 is 17.0 Å². The minimum Gasteiger partial charge on any atom is -0.399 e. The maximum atomic E-state index is 5.69. The van der Waals surface area contributed by atoms with Gasteiger partial charge in [0.2, 0.25) is 0 Å². The Kier molecular flexibility index (Phi) is 2.97. The normalized spacial score (nSPS) is 10.6. The number of nitrogens with zero attached hydrogens (tertiary/aromatic N) is 3. The van der Waals surface area contributed by atoms with Crippen LogP contribution in [0.3, 0.4) is 0 Å². The maximum Gasteiger partial charge on any atom is 0.124 e. The third-order valence-corrected chi connectivity index (χ3v) is 3.68. The van der Waals surface area contributed by atoms with Crippen LogP contribution in [0.4, 0.5) is 5.69 Å². The van der Waals surface area contributed by atoms with Gasteiger partial charge in [-0.05, 0) is 31.2 Å². The van der Waals surface area contributed by atoms with Crippen molar-refractivity contribution in [3.63, 3.8) is 0 Å². The van der Waals surface area contributed by atoms with Gasteiger partial charge in [-0.3, -0.25) is 9.97 Å². The highest BCUT2D eigenvalue weighted by atomic mass is 32.1. The summed E-state index contributed by atoms with van der Waals surface area (Å²) in [6.07, 6.45) is 3.37. The molecule has 0 saturated heterocycles. The SMILES string of the molecule is Cc1nccnc1-c1csc(-c2ccc(N)cc2)n1. The molecule has 2 heterocycles. The average molecular weight is 268 g/mol. The van der Waals surface area contributed by atoms with Crippen molar-refractivity contribution in [2.75, 3.05) is 5.73 Å². The standard InChI is InChI=1S/C14H12N4S/c1-9-13(17-7-6-16-9)12-8-19-14(18-12)10-2-4-11(15)5-3-10/h2-8H,15H2,1H3. The van der Waals surface area contributed by atoms with Crippen LogP contribution in [-0.4, -0.2) is 15.0 Å². The van der Waals surface area contributed by atoms with Crippen molar-refractivity contribution in [3.05, 3.63) is 47.7 Å². The number of aromatic nitrogens is 3. The quantitative estimate of drug-likeness (QED) is 0.725. The van der Waals surface area contributed by atoms with Crippen LogP contribution in [0.25, 0.3) is 22.0 Å². The molecule has 0 saturated carbocycles. The fourth-order valence-electron chi connectivity index (χ4n) is 1.80. The summed E-state index contributed by atoms with van der Waals surface area (Å²) in [5, 5.41) is 2.96. The largest absolute Gasteiger partial charge is 0.399 e. The zero-order chi connectivity index (χ0) is 13.2. The Hall–Kier alpha value is -2.27. The summed E-state index contributed by atoms with van der Waals surface area (Å²) in [6, 6.07) is 7.71. The number of nitrogen functional groups attached to an aromatic ring is 1. The predicted octanol–water partition coefficient (Wildman–Crippen LogP) is 3.16. The number of rotatable bonds is 2. The van der Waals surface area contributed by atoms with Crippen molar-refractivity contribution in [3.8, 4) is 22.0 Å². The highest BCUT2D eigenvalue weighted by molar-refractivity contribution is 7.13. The molecule has 0 atom stereocenters. The molecule has 2 N–H and O–H groups in total. The number of hydrogen-bond donors (Lipinski definition) is 1. The number of anilines is 1. The maximum absolute atomic E-state index is 5.69. The van der Waals surface area contributed by atoms with Gasteiger partial charge in [0.1, 0.15) is 16.4 Å². The summed E-state index contributed by atoms with van der Waals surface area (Å²) in [6.45, 7) is 1.94. The molecular weight excluding hydrogens is 256 g/mol. The lowest BCUT2D eigenvalue weighted by molar-refractivity contribution is 1.11. The van der Waals surface area contributed by atoms with Crippen LogP contribution >= 0.6 is 11.3 Å². The molecule has 0 aliphatic heterocycles. The Bertz CT molecular complexity index is 703. The molecule has 0 bridgehead atoms. The fourth-order valence-corrected chi connectivity index (χ4v) is 2.61. The van der Waals surface area contributed by atoms with E-state index in [2.05, 4.69) is 15.0 Å². The average Bonchev–Trinajstić information content (AvgIpc) is 2.89. The van der Waals surface area contributed by atoms with Crippen LogP contribution in [0.15, 0.2) is 42.0 Å². The fraction of sp³-hybridized carbons (Fsp3) is 0.0714. The van der Waals surface area contributed by atoms with Crippen LogP contribution in [-0.2, 0) is 0 Å². The first-order valence-electron chi connectivity index (χ1n) is 5.83. The molecule has 2 aromatic heterocycles. The Labute approximate surface area is 115 Å². The molecule has 19 heavy (non-hydrogen) atoms. The molecular formula is C14H12N4S. The summed E-state index contributed by atoms with van der Waals surface area (Å²) in [7, 11) is 0. The molecule has 3 aromatic rings. The zero-order valence-corrected chi connectivity index (χ0v) is 11.2. The predicted molar refractivity (Wildman–Crippen MR) is 77.7 cm³/mol. The molecule has 0 radical (unpaired) electrons. The first-order valence-corrected chi connectivity index (χ1v) is 6.71. The summed E-state index contributed by atoms with van der Waals surface area (Å²) >= 11 is 1.59. The Morgan fingerprint density at radius 1 is 1.05 bits per heavy atom. The second kappa shape index (κ2) is 4.78. The molecule has 0 unspecified atom stereocenters. The zero-order valence-electron chi connectivity index (χ0n) is 10.4. The molecule has 4 nitrogen and oxygen atoms in total. The number of hydrogen-bond acceptors (Lipinski definition) is 5. The minimum atomic E-state index is 0.755. The van der Waals surface area contributed by atoms with E-state index >= 15 is 0 Å². The topological polar surface area (TPSA) is 64.7 Å². The van der Waals surface area contributed by atoms with Crippen molar-refractivity contribution in [2.24, 2.45) is 0 Å². The van der Waals surface area contributed by atoms with E-state index in [1.807, 2.05) is 36.6 Å². The molecule has 0 amide bonds. The third kappa shape index (κ3) is 2.32. The molecule has 94 valence electrons. The van der Waals surface area contributed by atoms with Gasteiger partial charge in [0.25, 0.3) is 0 Å². The molecule has 3 rings (SSSR count). The molecule has 0 spiro atoms. The van der Waals surface area contributed by atoms with Gasteiger partial charge < -0.3 is 5.73 Å². The number of thiazole rings is 1. The Balaban J connectivity index is 2.00. The van der Waals surface area contributed by atoms with Gasteiger partial charge >= 0.3 is 0 Å². The summed E-state index contributed by atoms with van der Waals surface area (Å²) in [4.78, 5) is 13.2. The first-order chi connectivity index (χ1) is 9.24. The Morgan fingerprint density at radius 3 is 2.53 bits per heavy atom. The lowest BCUT2D eigenvalue weighted by Gasteiger charge is -1.99. The number of nitrogens with two attached hydrogens (primary N) is 1. The van der Waals surface area contributed by atoms with Gasteiger partial charge in [0, 0.05) is 29.0 Å². The van der Waals surface area contributed by atoms with Crippen LogP contribution in [0, 0.1) is 6.92 Å². The molecule has 5 heteroatoms. The van der Waals surface area contributed by atoms with Gasteiger partial charge in [0.15, 0.2) is 0 Å². The smallest absolute Gasteiger partial charge is 0.124 e. The van der Waals surface area contributed by atoms with E-state index in [4.69, 9.17) is 5.73 Å². The van der Waals surface area contributed by atoms with Gasteiger partial charge in [-0.15, -0.1) is 11.3 Å². The molecule has 0 aliphatic rings.